The number of piperidine rings is 2. The van der Waals surface area contributed by atoms with Crippen LogP contribution in [0.1, 0.15) is 64.0 Å². The molecule has 148 valence electrons. The van der Waals surface area contributed by atoms with Gasteiger partial charge in [0.2, 0.25) is 11.8 Å². The first-order chi connectivity index (χ1) is 13.1. The molecule has 5 nitrogen and oxygen atoms in total. The number of carbonyl (C=O) groups excluding carboxylic acids is 2. The largest absolute Gasteiger partial charge is 0.342 e. The summed E-state index contributed by atoms with van der Waals surface area (Å²) in [6.45, 7) is 5.39. The number of hydrogen-bond donors (Lipinski definition) is 0. The molecule has 1 aromatic heterocycles. The minimum Gasteiger partial charge on any atom is -0.342 e. The highest BCUT2D eigenvalue weighted by molar-refractivity contribution is 5.78. The Hall–Kier alpha value is -1.91. The van der Waals surface area contributed by atoms with Crippen molar-refractivity contribution in [2.75, 3.05) is 26.2 Å². The predicted octanol–water partition coefficient (Wildman–Crippen LogP) is 3.44. The van der Waals surface area contributed by atoms with E-state index in [1.807, 2.05) is 23.1 Å². The Morgan fingerprint density at radius 3 is 2.89 bits per heavy atom. The second-order valence-electron chi connectivity index (χ2n) is 8.26. The van der Waals surface area contributed by atoms with E-state index < -0.39 is 0 Å². The van der Waals surface area contributed by atoms with Crippen molar-refractivity contribution in [3.8, 4) is 0 Å². The normalized spacial score (nSPS) is 23.1. The van der Waals surface area contributed by atoms with E-state index in [2.05, 4.69) is 16.8 Å². The van der Waals surface area contributed by atoms with E-state index in [1.54, 1.807) is 6.20 Å². The fourth-order valence-corrected chi connectivity index (χ4v) is 4.54. The monoisotopic (exact) mass is 371 g/mol. The molecule has 3 heterocycles. The fraction of sp³-hybridized carbons (Fsp3) is 0.682. The molecule has 3 rings (SSSR count). The molecule has 2 aliphatic heterocycles. The van der Waals surface area contributed by atoms with E-state index in [4.69, 9.17) is 0 Å². The number of likely N-dealkylation sites (tertiary alicyclic amines) is 2. The van der Waals surface area contributed by atoms with Crippen molar-refractivity contribution in [2.24, 2.45) is 5.41 Å². The molecule has 0 unspecified atom stereocenters. The lowest BCUT2D eigenvalue weighted by Crippen LogP contribution is -2.55. The molecule has 2 fully saturated rings. The molecule has 2 amide bonds. The maximum atomic E-state index is 12.6. The highest BCUT2D eigenvalue weighted by Gasteiger charge is 2.42. The highest BCUT2D eigenvalue weighted by atomic mass is 16.2. The molecule has 0 N–H and O–H groups in total. The van der Waals surface area contributed by atoms with E-state index in [1.165, 1.54) is 0 Å². The molecular formula is C22H33N3O2. The number of amides is 2. The van der Waals surface area contributed by atoms with Crippen LogP contribution in [0.15, 0.2) is 24.4 Å². The van der Waals surface area contributed by atoms with Crippen LogP contribution in [0, 0.1) is 5.41 Å². The van der Waals surface area contributed by atoms with Gasteiger partial charge in [0.15, 0.2) is 0 Å². The lowest BCUT2D eigenvalue weighted by molar-refractivity contribution is -0.143. The molecule has 27 heavy (non-hydrogen) atoms. The van der Waals surface area contributed by atoms with Crippen molar-refractivity contribution in [3.05, 3.63) is 30.1 Å². The van der Waals surface area contributed by atoms with Gasteiger partial charge in [-0.05, 0) is 37.8 Å². The molecular weight excluding hydrogens is 338 g/mol. The van der Waals surface area contributed by atoms with Crippen molar-refractivity contribution < 1.29 is 9.59 Å². The van der Waals surface area contributed by atoms with Crippen molar-refractivity contribution >= 4 is 11.8 Å². The molecule has 0 aromatic carbocycles. The summed E-state index contributed by atoms with van der Waals surface area (Å²) in [7, 11) is 0. The van der Waals surface area contributed by atoms with E-state index in [0.717, 1.165) is 76.8 Å². The zero-order chi connectivity index (χ0) is 19.1. The molecule has 0 aliphatic carbocycles. The van der Waals surface area contributed by atoms with Crippen LogP contribution in [-0.2, 0) is 16.0 Å². The molecule has 0 radical (unpaired) electrons. The van der Waals surface area contributed by atoms with Gasteiger partial charge >= 0.3 is 0 Å². The van der Waals surface area contributed by atoms with E-state index in [-0.39, 0.29) is 11.3 Å². The average Bonchev–Trinajstić information content (AvgIpc) is 2.70. The average molecular weight is 372 g/mol. The van der Waals surface area contributed by atoms with Crippen LogP contribution in [0.25, 0.3) is 0 Å². The Kier molecular flexibility index (Phi) is 6.86. The van der Waals surface area contributed by atoms with Gasteiger partial charge in [-0.3, -0.25) is 14.6 Å². The van der Waals surface area contributed by atoms with Gasteiger partial charge in [0, 0.05) is 62.7 Å². The second-order valence-corrected chi connectivity index (χ2v) is 8.26. The number of hydrogen-bond acceptors (Lipinski definition) is 3. The Morgan fingerprint density at radius 1 is 1.22 bits per heavy atom. The first-order valence-electron chi connectivity index (χ1n) is 10.6. The summed E-state index contributed by atoms with van der Waals surface area (Å²) in [5.41, 5.74) is 1.12. The highest BCUT2D eigenvalue weighted by Crippen LogP contribution is 2.39. The maximum absolute atomic E-state index is 12.6. The van der Waals surface area contributed by atoms with Crippen molar-refractivity contribution in [1.82, 2.24) is 14.8 Å². The van der Waals surface area contributed by atoms with Gasteiger partial charge in [-0.2, -0.15) is 0 Å². The number of carbonyl (C=O) groups is 2. The third-order valence-electron chi connectivity index (χ3n) is 6.12. The molecule has 2 aliphatic rings. The van der Waals surface area contributed by atoms with Gasteiger partial charge in [0.25, 0.3) is 0 Å². The maximum Gasteiger partial charge on any atom is 0.222 e. The smallest absolute Gasteiger partial charge is 0.222 e. The summed E-state index contributed by atoms with van der Waals surface area (Å²) < 4.78 is 0. The predicted molar refractivity (Wildman–Crippen MR) is 106 cm³/mol. The lowest BCUT2D eigenvalue weighted by atomic mass is 9.73. The number of unbranched alkanes of at least 4 members (excludes halogenated alkanes) is 2. The van der Waals surface area contributed by atoms with E-state index in [0.29, 0.717) is 18.7 Å². The van der Waals surface area contributed by atoms with Crippen LogP contribution in [0.5, 0.6) is 0 Å². The van der Waals surface area contributed by atoms with Gasteiger partial charge in [-0.1, -0.05) is 25.8 Å². The summed E-state index contributed by atoms with van der Waals surface area (Å²) in [5.74, 6) is 0.558. The first kappa shape index (κ1) is 19.8. The Bertz CT molecular complexity index is 634. The number of nitrogens with zero attached hydrogens (tertiary/aromatic N) is 3. The minimum atomic E-state index is 0.0939. The van der Waals surface area contributed by atoms with E-state index >= 15 is 0 Å². The summed E-state index contributed by atoms with van der Waals surface area (Å²) >= 11 is 0. The van der Waals surface area contributed by atoms with Crippen LogP contribution < -0.4 is 0 Å². The molecule has 0 bridgehead atoms. The van der Waals surface area contributed by atoms with Gasteiger partial charge in [0.05, 0.1) is 0 Å². The number of pyridine rings is 1. The van der Waals surface area contributed by atoms with Gasteiger partial charge in [-0.25, -0.2) is 0 Å². The topological polar surface area (TPSA) is 53.5 Å². The summed E-state index contributed by atoms with van der Waals surface area (Å²) in [6, 6.07) is 5.92. The second kappa shape index (κ2) is 9.34. The number of rotatable bonds is 7. The van der Waals surface area contributed by atoms with Crippen LogP contribution in [0.3, 0.4) is 0 Å². The summed E-state index contributed by atoms with van der Waals surface area (Å²) in [4.78, 5) is 33.5. The Labute approximate surface area is 163 Å². The first-order valence-corrected chi connectivity index (χ1v) is 10.6. The van der Waals surface area contributed by atoms with Crippen molar-refractivity contribution in [2.45, 2.75) is 64.7 Å². The standard InChI is InChI=1S/C22H33N3O2/c1-2-3-4-9-20(26)24-15-7-12-22(17-24)13-10-21(27)25(18-22)16-11-19-8-5-6-14-23-19/h5-6,8,14H,2-4,7,9-13,15-18H2,1H3/t22-/m1/s1. The van der Waals surface area contributed by atoms with Crippen molar-refractivity contribution in [3.63, 3.8) is 0 Å². The van der Waals surface area contributed by atoms with Gasteiger partial charge < -0.3 is 9.80 Å². The molecule has 1 aromatic rings. The van der Waals surface area contributed by atoms with E-state index in [9.17, 15) is 9.59 Å². The SMILES string of the molecule is CCCCCC(=O)N1CCC[C@@]2(CCC(=O)N(CCc3ccccn3)C2)C1. The zero-order valence-corrected chi connectivity index (χ0v) is 16.7. The molecule has 1 atom stereocenters. The van der Waals surface area contributed by atoms with Crippen LogP contribution in [0.4, 0.5) is 0 Å². The zero-order valence-electron chi connectivity index (χ0n) is 16.7. The molecule has 0 saturated carbocycles. The van der Waals surface area contributed by atoms with Gasteiger partial charge in [0.1, 0.15) is 0 Å². The Morgan fingerprint density at radius 2 is 2.11 bits per heavy atom. The molecule has 2 saturated heterocycles. The summed E-state index contributed by atoms with van der Waals surface area (Å²) in [6.07, 6.45) is 10.2. The molecule has 1 spiro atoms. The summed E-state index contributed by atoms with van der Waals surface area (Å²) in [5, 5.41) is 0. The van der Waals surface area contributed by atoms with Crippen LogP contribution in [0.2, 0.25) is 0 Å². The van der Waals surface area contributed by atoms with Crippen LogP contribution >= 0.6 is 0 Å². The van der Waals surface area contributed by atoms with Crippen molar-refractivity contribution in [1.29, 1.82) is 0 Å². The third kappa shape index (κ3) is 5.30. The fourth-order valence-electron chi connectivity index (χ4n) is 4.54. The third-order valence-corrected chi connectivity index (χ3v) is 6.12. The van der Waals surface area contributed by atoms with Crippen LogP contribution in [-0.4, -0.2) is 52.8 Å². The molecule has 5 heteroatoms. The quantitative estimate of drug-likeness (QED) is 0.690. The number of aromatic nitrogens is 1. The lowest BCUT2D eigenvalue weighted by Gasteiger charge is -2.48. The minimum absolute atomic E-state index is 0.0939. The van der Waals surface area contributed by atoms with Gasteiger partial charge in [-0.15, -0.1) is 0 Å². The Balaban J connectivity index is 1.57.